The lowest BCUT2D eigenvalue weighted by Gasteiger charge is -2.32. The number of rotatable bonds is 9. The van der Waals surface area contributed by atoms with Crippen LogP contribution in [0.3, 0.4) is 0 Å². The van der Waals surface area contributed by atoms with E-state index in [-0.39, 0.29) is 0 Å². The lowest BCUT2D eigenvalue weighted by Crippen LogP contribution is -2.38. The molecule has 0 spiro atoms. The van der Waals surface area contributed by atoms with E-state index in [1.54, 1.807) is 25.6 Å². The zero-order valence-electron chi connectivity index (χ0n) is 20.2. The van der Waals surface area contributed by atoms with Crippen molar-refractivity contribution in [1.29, 1.82) is 0 Å². The van der Waals surface area contributed by atoms with Crippen molar-refractivity contribution in [2.45, 2.75) is 32.0 Å². The quantitative estimate of drug-likeness (QED) is 0.313. The summed E-state index contributed by atoms with van der Waals surface area (Å²) in [6.07, 6.45) is 2.15. The fourth-order valence-electron chi connectivity index (χ4n) is 4.48. The third-order valence-corrected chi connectivity index (χ3v) is 7.37. The van der Waals surface area contributed by atoms with Crippen LogP contribution < -0.4 is 19.5 Å². The minimum absolute atomic E-state index is 0.436. The Kier molecular flexibility index (Phi) is 7.35. The number of nitrogens with one attached hydrogen (secondary N) is 1. The van der Waals surface area contributed by atoms with Crippen LogP contribution in [0.4, 0.5) is 5.13 Å². The van der Waals surface area contributed by atoms with Crippen molar-refractivity contribution in [2.24, 2.45) is 0 Å². The van der Waals surface area contributed by atoms with Crippen molar-refractivity contribution in [1.82, 2.24) is 9.88 Å². The molecule has 5 rings (SSSR count). The molecule has 4 aromatic rings. The second kappa shape index (κ2) is 11.0. The summed E-state index contributed by atoms with van der Waals surface area (Å²) in [6, 6.07) is 22.9. The highest BCUT2D eigenvalue weighted by Gasteiger charge is 2.22. The Bertz CT molecular complexity index is 1220. The number of ether oxygens (including phenoxy) is 3. The maximum Gasteiger partial charge on any atom is 0.184 e. The third kappa shape index (κ3) is 5.69. The maximum atomic E-state index is 6.25. The summed E-state index contributed by atoms with van der Waals surface area (Å²) in [5.74, 6) is 2.24. The van der Waals surface area contributed by atoms with E-state index in [1.165, 1.54) is 4.70 Å². The molecule has 3 aromatic carbocycles. The zero-order valence-corrected chi connectivity index (χ0v) is 21.0. The molecule has 1 N–H and O–H groups in total. The molecule has 182 valence electrons. The smallest absolute Gasteiger partial charge is 0.184 e. The number of hydrogen-bond donors (Lipinski definition) is 1. The van der Waals surface area contributed by atoms with E-state index < -0.39 is 0 Å². The van der Waals surface area contributed by atoms with Gasteiger partial charge in [-0.25, -0.2) is 4.98 Å². The first-order valence-corrected chi connectivity index (χ1v) is 12.8. The molecule has 7 heteroatoms. The van der Waals surface area contributed by atoms with Crippen LogP contribution in [0.15, 0.2) is 66.7 Å². The van der Waals surface area contributed by atoms with Crippen molar-refractivity contribution in [2.75, 3.05) is 32.6 Å². The molecule has 35 heavy (non-hydrogen) atoms. The fraction of sp³-hybridized carbons (Fsp3) is 0.321. The Hall–Kier alpha value is -3.29. The Labute approximate surface area is 210 Å². The van der Waals surface area contributed by atoms with Crippen LogP contribution in [0, 0.1) is 0 Å². The molecule has 0 amide bonds. The molecular weight excluding hydrogens is 458 g/mol. The number of likely N-dealkylation sites (tertiary alicyclic amines) is 1. The molecule has 1 aromatic heterocycles. The largest absolute Gasteiger partial charge is 0.493 e. The molecule has 0 saturated carbocycles. The highest BCUT2D eigenvalue weighted by molar-refractivity contribution is 7.22. The van der Waals surface area contributed by atoms with Gasteiger partial charge < -0.3 is 19.5 Å². The average Bonchev–Trinajstić information content (AvgIpc) is 3.31. The summed E-state index contributed by atoms with van der Waals surface area (Å²) in [5.41, 5.74) is 3.31. The summed E-state index contributed by atoms with van der Waals surface area (Å²) < 4.78 is 18.6. The second-order valence-corrected chi connectivity index (χ2v) is 9.80. The Morgan fingerprint density at radius 3 is 2.37 bits per heavy atom. The molecule has 1 aliphatic rings. The number of hydrogen-bond acceptors (Lipinski definition) is 7. The molecule has 6 nitrogen and oxygen atoms in total. The molecule has 2 heterocycles. The van der Waals surface area contributed by atoms with Crippen LogP contribution in [0.1, 0.15) is 24.0 Å². The van der Waals surface area contributed by atoms with E-state index in [4.69, 9.17) is 19.2 Å². The Balaban J connectivity index is 1.24. The highest BCUT2D eigenvalue weighted by atomic mass is 32.1. The second-order valence-electron chi connectivity index (χ2n) is 8.77. The first kappa shape index (κ1) is 23.5. The van der Waals surface area contributed by atoms with Gasteiger partial charge in [-0.2, -0.15) is 0 Å². The van der Waals surface area contributed by atoms with Crippen LogP contribution >= 0.6 is 11.3 Å². The van der Waals surface area contributed by atoms with Crippen molar-refractivity contribution < 1.29 is 14.2 Å². The number of fused-ring (bicyclic) bond motifs is 1. The summed E-state index contributed by atoms with van der Waals surface area (Å²) in [7, 11) is 3.33. The lowest BCUT2D eigenvalue weighted by molar-refractivity contribution is 0.206. The van der Waals surface area contributed by atoms with E-state index in [9.17, 15) is 0 Å². The standard InChI is InChI=1S/C28H31N3O3S/c1-32-25-16-21(24(17-26(25)33-2)34-19-20-8-4-3-5-9-20)18-31-14-12-22(13-15-31)29-28-30-23-10-6-7-11-27(23)35-28/h3-11,16-17,22H,12-15,18-19H2,1-2H3,(H,29,30). The third-order valence-electron chi connectivity index (χ3n) is 6.41. The number of thiazole rings is 1. The molecule has 1 fully saturated rings. The van der Waals surface area contributed by atoms with Gasteiger partial charge in [0.25, 0.3) is 0 Å². The first-order valence-electron chi connectivity index (χ1n) is 12.0. The maximum absolute atomic E-state index is 6.25. The van der Waals surface area contributed by atoms with E-state index in [1.807, 2.05) is 36.4 Å². The number of para-hydroxylation sites is 1. The van der Waals surface area contributed by atoms with Gasteiger partial charge in [0.05, 0.1) is 24.4 Å². The molecule has 0 atom stereocenters. The van der Waals surface area contributed by atoms with Gasteiger partial charge in [-0.15, -0.1) is 0 Å². The zero-order chi connectivity index (χ0) is 24.0. The summed E-state index contributed by atoms with van der Waals surface area (Å²) in [6.45, 7) is 3.33. The predicted molar refractivity (Wildman–Crippen MR) is 142 cm³/mol. The minimum atomic E-state index is 0.436. The van der Waals surface area contributed by atoms with Gasteiger partial charge in [0.15, 0.2) is 16.6 Å². The van der Waals surface area contributed by atoms with Gasteiger partial charge in [-0.3, -0.25) is 4.90 Å². The van der Waals surface area contributed by atoms with Crippen LogP contribution in [0.2, 0.25) is 0 Å². The van der Waals surface area contributed by atoms with E-state index in [2.05, 4.69) is 40.5 Å². The van der Waals surface area contributed by atoms with Gasteiger partial charge >= 0.3 is 0 Å². The summed E-state index contributed by atoms with van der Waals surface area (Å²) in [5, 5.41) is 4.67. The van der Waals surface area contributed by atoms with Gasteiger partial charge in [-0.1, -0.05) is 53.8 Å². The van der Waals surface area contributed by atoms with Crippen LogP contribution in [-0.4, -0.2) is 43.2 Å². The average molecular weight is 490 g/mol. The Morgan fingerprint density at radius 2 is 1.63 bits per heavy atom. The van der Waals surface area contributed by atoms with E-state index >= 15 is 0 Å². The van der Waals surface area contributed by atoms with Crippen LogP contribution in [0.25, 0.3) is 10.2 Å². The minimum Gasteiger partial charge on any atom is -0.493 e. The van der Waals surface area contributed by atoms with E-state index in [0.29, 0.717) is 18.4 Å². The van der Waals surface area contributed by atoms with Gasteiger partial charge in [0, 0.05) is 37.3 Å². The molecular formula is C28H31N3O3S. The van der Waals surface area contributed by atoms with Gasteiger partial charge in [0.1, 0.15) is 12.4 Å². The SMILES string of the molecule is COc1cc(CN2CCC(Nc3nc4ccccc4s3)CC2)c(OCc2ccccc2)cc1OC. The number of piperidine rings is 1. The van der Waals surface area contributed by atoms with Gasteiger partial charge in [-0.05, 0) is 36.6 Å². The van der Waals surface area contributed by atoms with Crippen molar-refractivity contribution >= 4 is 26.7 Å². The normalized spacial score (nSPS) is 14.7. The number of benzene rings is 3. The molecule has 0 aliphatic carbocycles. The first-order chi connectivity index (χ1) is 17.2. The predicted octanol–water partition coefficient (Wildman–Crippen LogP) is 5.97. The van der Waals surface area contributed by atoms with Crippen molar-refractivity contribution in [3.63, 3.8) is 0 Å². The van der Waals surface area contributed by atoms with Crippen LogP contribution in [-0.2, 0) is 13.2 Å². The number of nitrogens with zero attached hydrogens (tertiary/aromatic N) is 2. The number of methoxy groups -OCH3 is 2. The highest BCUT2D eigenvalue weighted by Crippen LogP contribution is 2.36. The monoisotopic (exact) mass is 489 g/mol. The molecule has 1 saturated heterocycles. The summed E-state index contributed by atoms with van der Waals surface area (Å²) in [4.78, 5) is 7.22. The molecule has 0 radical (unpaired) electrons. The Morgan fingerprint density at radius 1 is 0.914 bits per heavy atom. The molecule has 0 unspecified atom stereocenters. The summed E-state index contributed by atoms with van der Waals surface area (Å²) >= 11 is 1.73. The molecule has 1 aliphatic heterocycles. The fourth-order valence-corrected chi connectivity index (χ4v) is 5.42. The van der Waals surface area contributed by atoms with E-state index in [0.717, 1.165) is 65.8 Å². The number of aromatic nitrogens is 1. The van der Waals surface area contributed by atoms with Crippen molar-refractivity contribution in [3.05, 3.63) is 77.9 Å². The lowest BCUT2D eigenvalue weighted by atomic mass is 10.0. The van der Waals surface area contributed by atoms with Gasteiger partial charge in [0.2, 0.25) is 0 Å². The molecule has 0 bridgehead atoms. The van der Waals surface area contributed by atoms with Crippen molar-refractivity contribution in [3.8, 4) is 17.2 Å². The van der Waals surface area contributed by atoms with Crippen LogP contribution in [0.5, 0.6) is 17.2 Å². The topological polar surface area (TPSA) is 55.9 Å². The number of anilines is 1.